The Kier molecular flexibility index (Phi) is 3.24. The Bertz CT molecular complexity index is 671. The predicted octanol–water partition coefficient (Wildman–Crippen LogP) is 4.11. The zero-order valence-corrected chi connectivity index (χ0v) is 12.5. The third-order valence-electron chi connectivity index (χ3n) is 4.28. The van der Waals surface area contributed by atoms with Crippen LogP contribution in [0.3, 0.4) is 0 Å². The third kappa shape index (κ3) is 1.96. The number of aromatic nitrogens is 1. The molecule has 2 rings (SSSR count). The Morgan fingerprint density at radius 2 is 1.47 bits per heavy atom. The minimum absolute atomic E-state index is 0.760. The van der Waals surface area contributed by atoms with Gasteiger partial charge in [-0.05, 0) is 62.9 Å². The van der Waals surface area contributed by atoms with Crippen LogP contribution in [0.1, 0.15) is 33.5 Å². The standard InChI is InChI=1S/C17H20N2/c1-10-7-11(2)13(4)17(12(10)3)16-8-15(9-18)14(5)19(16)6/h7-8H,1-6H3. The maximum Gasteiger partial charge on any atom is 0.101 e. The van der Waals surface area contributed by atoms with Crippen molar-refractivity contribution in [3.05, 3.63) is 45.6 Å². The van der Waals surface area contributed by atoms with Crippen molar-refractivity contribution in [1.29, 1.82) is 5.26 Å². The Morgan fingerprint density at radius 1 is 0.947 bits per heavy atom. The van der Waals surface area contributed by atoms with E-state index in [4.69, 9.17) is 0 Å². The van der Waals surface area contributed by atoms with Crippen molar-refractivity contribution in [2.24, 2.45) is 7.05 Å². The first-order chi connectivity index (χ1) is 8.88. The van der Waals surface area contributed by atoms with Crippen LogP contribution < -0.4 is 0 Å². The summed E-state index contributed by atoms with van der Waals surface area (Å²) in [5.41, 5.74) is 9.39. The van der Waals surface area contributed by atoms with Crippen molar-refractivity contribution in [1.82, 2.24) is 4.57 Å². The van der Waals surface area contributed by atoms with Crippen molar-refractivity contribution < 1.29 is 0 Å². The number of rotatable bonds is 1. The summed E-state index contributed by atoms with van der Waals surface area (Å²) >= 11 is 0. The van der Waals surface area contributed by atoms with E-state index in [2.05, 4.69) is 44.4 Å². The van der Waals surface area contributed by atoms with Crippen LogP contribution in [0.2, 0.25) is 0 Å². The van der Waals surface area contributed by atoms with Gasteiger partial charge in [0.1, 0.15) is 6.07 Å². The molecule has 0 N–H and O–H groups in total. The van der Waals surface area contributed by atoms with Gasteiger partial charge >= 0.3 is 0 Å². The van der Waals surface area contributed by atoms with Gasteiger partial charge in [-0.3, -0.25) is 0 Å². The Morgan fingerprint density at radius 3 is 1.89 bits per heavy atom. The van der Waals surface area contributed by atoms with Crippen LogP contribution in [0.4, 0.5) is 0 Å². The Labute approximate surface area is 115 Å². The molecule has 0 aliphatic rings. The minimum Gasteiger partial charge on any atom is -0.347 e. The third-order valence-corrected chi connectivity index (χ3v) is 4.28. The topological polar surface area (TPSA) is 28.7 Å². The van der Waals surface area contributed by atoms with E-state index in [-0.39, 0.29) is 0 Å². The van der Waals surface area contributed by atoms with Gasteiger partial charge < -0.3 is 4.57 Å². The van der Waals surface area contributed by atoms with Gasteiger partial charge in [0.25, 0.3) is 0 Å². The van der Waals surface area contributed by atoms with Gasteiger partial charge in [-0.2, -0.15) is 5.26 Å². The van der Waals surface area contributed by atoms with Crippen LogP contribution in [0.15, 0.2) is 12.1 Å². The van der Waals surface area contributed by atoms with Gasteiger partial charge in [0.05, 0.1) is 5.56 Å². The molecule has 0 spiro atoms. The SMILES string of the molecule is Cc1cc(C)c(C)c(-c2cc(C#N)c(C)n2C)c1C. The first-order valence-electron chi connectivity index (χ1n) is 6.52. The van der Waals surface area contributed by atoms with Crippen LogP contribution in [-0.2, 0) is 7.05 Å². The van der Waals surface area contributed by atoms with E-state index in [0.29, 0.717) is 0 Å². The number of nitrogens with zero attached hydrogens (tertiary/aromatic N) is 2. The molecule has 2 aromatic rings. The van der Waals surface area contributed by atoms with E-state index in [1.807, 2.05) is 20.0 Å². The smallest absolute Gasteiger partial charge is 0.101 e. The molecule has 1 aromatic carbocycles. The van der Waals surface area contributed by atoms with Crippen LogP contribution in [-0.4, -0.2) is 4.57 Å². The molecular weight excluding hydrogens is 232 g/mol. The van der Waals surface area contributed by atoms with Crippen molar-refractivity contribution in [3.8, 4) is 17.3 Å². The normalized spacial score (nSPS) is 10.6. The molecule has 0 saturated heterocycles. The van der Waals surface area contributed by atoms with E-state index in [1.165, 1.54) is 27.8 Å². The average molecular weight is 252 g/mol. The predicted molar refractivity (Wildman–Crippen MR) is 79.2 cm³/mol. The summed E-state index contributed by atoms with van der Waals surface area (Å²) in [4.78, 5) is 0. The lowest BCUT2D eigenvalue weighted by Gasteiger charge is -2.16. The number of aryl methyl sites for hydroxylation is 2. The molecule has 2 nitrogen and oxygen atoms in total. The lowest BCUT2D eigenvalue weighted by molar-refractivity contribution is 0.886. The lowest BCUT2D eigenvalue weighted by Crippen LogP contribution is -2.00. The lowest BCUT2D eigenvalue weighted by atomic mass is 9.92. The fraction of sp³-hybridized carbons (Fsp3) is 0.353. The summed E-state index contributed by atoms with van der Waals surface area (Å²) in [6.07, 6.45) is 0. The first kappa shape index (κ1) is 13.4. The van der Waals surface area contributed by atoms with Crippen LogP contribution in [0.25, 0.3) is 11.3 Å². The molecule has 98 valence electrons. The van der Waals surface area contributed by atoms with E-state index in [9.17, 15) is 5.26 Å². The van der Waals surface area contributed by atoms with Crippen molar-refractivity contribution >= 4 is 0 Å². The van der Waals surface area contributed by atoms with Crippen LogP contribution >= 0.6 is 0 Å². The molecule has 19 heavy (non-hydrogen) atoms. The molecule has 0 atom stereocenters. The second kappa shape index (κ2) is 4.59. The zero-order chi connectivity index (χ0) is 14.3. The molecule has 0 radical (unpaired) electrons. The number of hydrogen-bond donors (Lipinski definition) is 0. The quantitative estimate of drug-likeness (QED) is 0.751. The van der Waals surface area contributed by atoms with Gasteiger partial charge in [0.2, 0.25) is 0 Å². The van der Waals surface area contributed by atoms with E-state index in [1.54, 1.807) is 0 Å². The van der Waals surface area contributed by atoms with Gasteiger partial charge in [0, 0.05) is 24.0 Å². The summed E-state index contributed by atoms with van der Waals surface area (Å²) in [6, 6.07) is 6.51. The highest BCUT2D eigenvalue weighted by Crippen LogP contribution is 2.33. The monoisotopic (exact) mass is 252 g/mol. The van der Waals surface area contributed by atoms with E-state index >= 15 is 0 Å². The molecule has 0 amide bonds. The van der Waals surface area contributed by atoms with Gasteiger partial charge in [0.15, 0.2) is 0 Å². The highest BCUT2D eigenvalue weighted by atomic mass is 15.0. The second-order valence-electron chi connectivity index (χ2n) is 5.33. The molecular formula is C17H20N2. The van der Waals surface area contributed by atoms with Gasteiger partial charge in [-0.1, -0.05) is 6.07 Å². The first-order valence-corrected chi connectivity index (χ1v) is 6.52. The fourth-order valence-corrected chi connectivity index (χ4v) is 2.65. The highest BCUT2D eigenvalue weighted by molar-refractivity contribution is 5.73. The average Bonchev–Trinajstić information content (AvgIpc) is 2.65. The summed E-state index contributed by atoms with van der Waals surface area (Å²) in [5.74, 6) is 0. The second-order valence-corrected chi connectivity index (χ2v) is 5.33. The molecule has 0 bridgehead atoms. The van der Waals surface area contributed by atoms with E-state index in [0.717, 1.165) is 17.0 Å². The number of nitriles is 1. The summed E-state index contributed by atoms with van der Waals surface area (Å²) in [7, 11) is 2.03. The molecule has 0 fully saturated rings. The molecule has 0 aliphatic heterocycles. The molecule has 0 saturated carbocycles. The van der Waals surface area contributed by atoms with Crippen LogP contribution in [0.5, 0.6) is 0 Å². The summed E-state index contributed by atoms with van der Waals surface area (Å²) in [6.45, 7) is 10.6. The Balaban J connectivity index is 2.84. The molecule has 0 unspecified atom stereocenters. The maximum atomic E-state index is 9.19. The largest absolute Gasteiger partial charge is 0.347 e. The Hall–Kier alpha value is -2.01. The van der Waals surface area contributed by atoms with Crippen molar-refractivity contribution in [2.45, 2.75) is 34.6 Å². The molecule has 1 heterocycles. The van der Waals surface area contributed by atoms with Crippen LogP contribution in [0, 0.1) is 45.9 Å². The van der Waals surface area contributed by atoms with E-state index < -0.39 is 0 Å². The maximum absolute atomic E-state index is 9.19. The number of benzene rings is 1. The number of hydrogen-bond acceptors (Lipinski definition) is 1. The van der Waals surface area contributed by atoms with Gasteiger partial charge in [-0.25, -0.2) is 0 Å². The summed E-state index contributed by atoms with van der Waals surface area (Å²) in [5, 5.41) is 9.19. The zero-order valence-electron chi connectivity index (χ0n) is 12.5. The fourth-order valence-electron chi connectivity index (χ4n) is 2.65. The summed E-state index contributed by atoms with van der Waals surface area (Å²) < 4.78 is 2.12. The molecule has 2 heteroatoms. The molecule has 0 aliphatic carbocycles. The van der Waals surface area contributed by atoms with Crippen molar-refractivity contribution in [3.63, 3.8) is 0 Å². The highest BCUT2D eigenvalue weighted by Gasteiger charge is 2.16. The minimum atomic E-state index is 0.760. The van der Waals surface area contributed by atoms with Gasteiger partial charge in [-0.15, -0.1) is 0 Å². The van der Waals surface area contributed by atoms with Crippen molar-refractivity contribution in [2.75, 3.05) is 0 Å². The molecule has 1 aromatic heterocycles.